The molecule has 1 unspecified atom stereocenters. The molecular weight excluding hydrogens is 333 g/mol. The summed E-state index contributed by atoms with van der Waals surface area (Å²) >= 11 is 0. The second kappa shape index (κ2) is 6.66. The molecule has 25 heavy (non-hydrogen) atoms. The number of hydrogen-bond donors (Lipinski definition) is 2. The van der Waals surface area contributed by atoms with Crippen molar-refractivity contribution in [1.82, 2.24) is 5.32 Å². The van der Waals surface area contributed by atoms with Gasteiger partial charge >= 0.3 is 6.36 Å². The lowest BCUT2D eigenvalue weighted by atomic mass is 9.87. The number of nitrogens with two attached hydrogens (primary N) is 1. The van der Waals surface area contributed by atoms with Gasteiger partial charge < -0.3 is 15.8 Å². The van der Waals surface area contributed by atoms with Crippen LogP contribution in [0.3, 0.4) is 0 Å². The van der Waals surface area contributed by atoms with Crippen LogP contribution in [0.4, 0.5) is 18.9 Å². The van der Waals surface area contributed by atoms with E-state index in [0.29, 0.717) is 5.69 Å². The lowest BCUT2D eigenvalue weighted by molar-refractivity contribution is -0.274. The number of alkyl halides is 3. The quantitative estimate of drug-likeness (QED) is 0.823. The van der Waals surface area contributed by atoms with Crippen molar-refractivity contribution < 1.29 is 22.7 Å². The van der Waals surface area contributed by atoms with Gasteiger partial charge in [-0.05, 0) is 66.8 Å². The van der Waals surface area contributed by atoms with Crippen LogP contribution in [-0.2, 0) is 6.42 Å². The first kappa shape index (κ1) is 17.1. The Bertz CT molecular complexity index is 773. The van der Waals surface area contributed by atoms with Crippen LogP contribution < -0.4 is 15.8 Å². The van der Waals surface area contributed by atoms with Crippen molar-refractivity contribution in [3.63, 3.8) is 0 Å². The third-order valence-corrected chi connectivity index (χ3v) is 4.14. The number of hydrogen-bond acceptors (Lipinski definition) is 3. The van der Waals surface area contributed by atoms with Gasteiger partial charge in [0.25, 0.3) is 5.91 Å². The number of benzene rings is 2. The average Bonchev–Trinajstić information content (AvgIpc) is 2.54. The van der Waals surface area contributed by atoms with Crippen molar-refractivity contribution in [1.29, 1.82) is 0 Å². The Morgan fingerprint density at radius 2 is 1.88 bits per heavy atom. The molecule has 1 aliphatic rings. The maximum Gasteiger partial charge on any atom is 0.573 e. The molecule has 0 aromatic heterocycles. The normalized spacial score (nSPS) is 16.8. The molecule has 0 bridgehead atoms. The summed E-state index contributed by atoms with van der Waals surface area (Å²) in [4.78, 5) is 12.4. The molecule has 0 heterocycles. The largest absolute Gasteiger partial charge is 0.573 e. The second-order valence-corrected chi connectivity index (χ2v) is 5.95. The number of amides is 1. The summed E-state index contributed by atoms with van der Waals surface area (Å²) in [6.07, 6.45) is -2.11. The molecule has 0 aliphatic heterocycles. The van der Waals surface area contributed by atoms with E-state index >= 15 is 0 Å². The Morgan fingerprint density at radius 3 is 2.56 bits per heavy atom. The van der Waals surface area contributed by atoms with Crippen LogP contribution in [0.1, 0.15) is 40.4 Å². The Kier molecular flexibility index (Phi) is 4.57. The molecule has 2 aromatic rings. The molecule has 1 atom stereocenters. The first-order valence-electron chi connectivity index (χ1n) is 7.87. The van der Waals surface area contributed by atoms with Gasteiger partial charge in [0, 0.05) is 11.3 Å². The van der Waals surface area contributed by atoms with Gasteiger partial charge in [0.15, 0.2) is 0 Å². The van der Waals surface area contributed by atoms with E-state index in [9.17, 15) is 18.0 Å². The van der Waals surface area contributed by atoms with Gasteiger partial charge in [-0.1, -0.05) is 6.07 Å². The van der Waals surface area contributed by atoms with Gasteiger partial charge in [0.05, 0.1) is 6.04 Å². The van der Waals surface area contributed by atoms with E-state index < -0.39 is 6.36 Å². The molecule has 0 radical (unpaired) electrons. The van der Waals surface area contributed by atoms with Gasteiger partial charge in [-0.3, -0.25) is 4.79 Å². The van der Waals surface area contributed by atoms with Crippen LogP contribution in [0.5, 0.6) is 5.75 Å². The van der Waals surface area contributed by atoms with Gasteiger partial charge in [-0.15, -0.1) is 13.2 Å². The standard InChI is InChI=1S/C18H17F3N2O2/c19-18(20,21)25-14-7-4-11(5-8-14)17(24)23-16-3-1-2-12-10-13(22)6-9-15(12)16/h4-10,16H,1-3,22H2,(H,23,24). The SMILES string of the molecule is Nc1ccc2c(c1)CCCC2NC(=O)c1ccc(OC(F)(F)F)cc1. The van der Waals surface area contributed by atoms with Crippen molar-refractivity contribution in [3.8, 4) is 5.75 Å². The molecule has 1 amide bonds. The summed E-state index contributed by atoms with van der Waals surface area (Å²) in [5.41, 5.74) is 8.91. The number of nitrogens with one attached hydrogen (secondary N) is 1. The van der Waals surface area contributed by atoms with Gasteiger partial charge in [-0.2, -0.15) is 0 Å². The monoisotopic (exact) mass is 350 g/mol. The summed E-state index contributed by atoms with van der Waals surface area (Å²) in [6, 6.07) is 10.4. The molecular formula is C18H17F3N2O2. The van der Waals surface area contributed by atoms with Crippen LogP contribution >= 0.6 is 0 Å². The minimum Gasteiger partial charge on any atom is -0.406 e. The van der Waals surface area contributed by atoms with Crippen LogP contribution in [0, 0.1) is 0 Å². The molecule has 3 rings (SSSR count). The van der Waals surface area contributed by atoms with E-state index in [1.165, 1.54) is 12.1 Å². The first-order chi connectivity index (χ1) is 11.8. The van der Waals surface area contributed by atoms with Crippen molar-refractivity contribution in [3.05, 3.63) is 59.2 Å². The summed E-state index contributed by atoms with van der Waals surface area (Å²) in [5, 5.41) is 2.94. The maximum absolute atomic E-state index is 12.4. The highest BCUT2D eigenvalue weighted by Gasteiger charge is 2.31. The Hall–Kier alpha value is -2.70. The minimum atomic E-state index is -4.75. The highest BCUT2D eigenvalue weighted by Crippen LogP contribution is 2.31. The molecule has 132 valence electrons. The highest BCUT2D eigenvalue weighted by atomic mass is 19.4. The summed E-state index contributed by atoms with van der Waals surface area (Å²) < 4.78 is 40.3. The van der Waals surface area contributed by atoms with Crippen molar-refractivity contribution >= 4 is 11.6 Å². The summed E-state index contributed by atoms with van der Waals surface area (Å²) in [7, 11) is 0. The Labute approximate surface area is 142 Å². The van der Waals surface area contributed by atoms with Gasteiger partial charge in [0.1, 0.15) is 5.75 Å². The first-order valence-corrected chi connectivity index (χ1v) is 7.87. The lowest BCUT2D eigenvalue weighted by Crippen LogP contribution is -2.31. The molecule has 0 saturated carbocycles. The molecule has 1 aliphatic carbocycles. The number of anilines is 1. The maximum atomic E-state index is 12.4. The Balaban J connectivity index is 1.71. The molecule has 0 fully saturated rings. The fourth-order valence-corrected chi connectivity index (χ4v) is 3.03. The number of aryl methyl sites for hydroxylation is 1. The summed E-state index contributed by atoms with van der Waals surface area (Å²) in [6.45, 7) is 0. The van der Waals surface area contributed by atoms with E-state index in [1.54, 1.807) is 6.07 Å². The number of carbonyl (C=O) groups excluding carboxylic acids is 1. The highest BCUT2D eigenvalue weighted by molar-refractivity contribution is 5.94. The van der Waals surface area contributed by atoms with E-state index in [4.69, 9.17) is 5.73 Å². The smallest absolute Gasteiger partial charge is 0.406 e. The third kappa shape index (κ3) is 4.23. The van der Waals surface area contributed by atoms with E-state index in [-0.39, 0.29) is 23.3 Å². The van der Waals surface area contributed by atoms with Crippen molar-refractivity contribution in [2.24, 2.45) is 0 Å². The second-order valence-electron chi connectivity index (χ2n) is 5.95. The zero-order valence-electron chi connectivity index (χ0n) is 13.3. The fourth-order valence-electron chi connectivity index (χ4n) is 3.03. The van der Waals surface area contributed by atoms with Crippen LogP contribution in [0.25, 0.3) is 0 Å². The lowest BCUT2D eigenvalue weighted by Gasteiger charge is -2.26. The average molecular weight is 350 g/mol. The van der Waals surface area contributed by atoms with Crippen molar-refractivity contribution in [2.45, 2.75) is 31.7 Å². The zero-order valence-corrected chi connectivity index (χ0v) is 13.3. The minimum absolute atomic E-state index is 0.136. The zero-order chi connectivity index (χ0) is 18.0. The number of rotatable bonds is 3. The number of nitrogen functional groups attached to an aromatic ring is 1. The topological polar surface area (TPSA) is 64.3 Å². The van der Waals surface area contributed by atoms with Gasteiger partial charge in [-0.25, -0.2) is 0 Å². The Morgan fingerprint density at radius 1 is 1.16 bits per heavy atom. The van der Waals surface area contributed by atoms with Crippen molar-refractivity contribution in [2.75, 3.05) is 5.73 Å². The van der Waals surface area contributed by atoms with Crippen LogP contribution in [0.15, 0.2) is 42.5 Å². The number of carbonyl (C=O) groups is 1. The molecule has 0 spiro atoms. The van der Waals surface area contributed by atoms with Gasteiger partial charge in [0.2, 0.25) is 0 Å². The number of ether oxygens (including phenoxy) is 1. The van der Waals surface area contributed by atoms with Crippen LogP contribution in [0.2, 0.25) is 0 Å². The molecule has 4 nitrogen and oxygen atoms in total. The van der Waals surface area contributed by atoms with Crippen LogP contribution in [-0.4, -0.2) is 12.3 Å². The predicted octanol–water partition coefficient (Wildman–Crippen LogP) is 3.97. The summed E-state index contributed by atoms with van der Waals surface area (Å²) in [5.74, 6) is -0.698. The van der Waals surface area contributed by atoms with E-state index in [1.807, 2.05) is 12.1 Å². The number of halogens is 3. The molecule has 7 heteroatoms. The third-order valence-electron chi connectivity index (χ3n) is 4.14. The molecule has 3 N–H and O–H groups in total. The fraction of sp³-hybridized carbons (Fsp3) is 0.278. The molecule has 2 aromatic carbocycles. The predicted molar refractivity (Wildman–Crippen MR) is 87.1 cm³/mol. The molecule has 0 saturated heterocycles. The van der Waals surface area contributed by atoms with E-state index in [2.05, 4.69) is 10.1 Å². The number of fused-ring (bicyclic) bond motifs is 1. The van der Waals surface area contributed by atoms with E-state index in [0.717, 1.165) is 42.5 Å².